The average Bonchev–Trinajstić information content (AvgIpc) is 3.90. The number of H-pyrrole nitrogens is 2. The molecule has 4 aromatic carbocycles. The lowest BCUT2D eigenvalue weighted by Gasteiger charge is -2.40. The number of Topliss-reactive ketones (excluding diaryl/α,β-unsaturated/α-hetero) is 1. The van der Waals surface area contributed by atoms with Crippen molar-refractivity contribution in [2.45, 2.75) is 151 Å². The Morgan fingerprint density at radius 3 is 2.05 bits per heavy atom. The average molecular weight is 886 g/mol. The second-order valence-electron chi connectivity index (χ2n) is 22.9. The molecular formula is C58H71N5O3. The van der Waals surface area contributed by atoms with Crippen LogP contribution in [0.1, 0.15) is 166 Å². The number of aromatic amines is 2. The number of nitrogens with zero attached hydrogens (tertiary/aromatic N) is 2. The summed E-state index contributed by atoms with van der Waals surface area (Å²) in [6.07, 6.45) is 13.7. The van der Waals surface area contributed by atoms with E-state index in [2.05, 4.69) is 156 Å². The van der Waals surface area contributed by atoms with Gasteiger partial charge in [0.05, 0.1) is 39.6 Å². The molecule has 2 aromatic heterocycles. The number of aromatic nitrogens is 4. The number of carbonyl (C=O) groups excluding carboxylic acids is 2. The van der Waals surface area contributed by atoms with Crippen LogP contribution in [0.4, 0.5) is 0 Å². The Morgan fingerprint density at radius 2 is 1.38 bits per heavy atom. The number of hydrogen-bond donors (Lipinski definition) is 4. The summed E-state index contributed by atoms with van der Waals surface area (Å²) >= 11 is 0. The predicted octanol–water partition coefficient (Wildman–Crippen LogP) is 13.5. The first kappa shape index (κ1) is 45.8. The first-order valence-corrected chi connectivity index (χ1v) is 24.8. The molecule has 12 rings (SSSR count). The van der Waals surface area contributed by atoms with Crippen molar-refractivity contribution in [3.05, 3.63) is 107 Å². The van der Waals surface area contributed by atoms with E-state index < -0.39 is 11.5 Å². The van der Waals surface area contributed by atoms with Crippen LogP contribution >= 0.6 is 0 Å². The van der Waals surface area contributed by atoms with Crippen molar-refractivity contribution in [2.24, 2.45) is 27.6 Å². The molecular weight excluding hydrogens is 815 g/mol. The SMILES string of the molecule is CC1CCCCC1(C)C(=O)C[C@H](c1nc2ccc(-c3cc4ccc3C=Cc3ccc(c(-c5ccc6nc([C@@H](NC(=O)C7(C)CCCCC7O)C(C)(C)C)[nH]c6c5)c3)CC4)cc2[nH]1)C(C)(C)C. The lowest BCUT2D eigenvalue weighted by molar-refractivity contribution is -0.141. The number of benzene rings is 4. The second kappa shape index (κ2) is 17.4. The van der Waals surface area contributed by atoms with Crippen LogP contribution in [-0.4, -0.2) is 42.8 Å². The van der Waals surface area contributed by atoms with Gasteiger partial charge in [-0.25, -0.2) is 9.97 Å². The zero-order valence-electron chi connectivity index (χ0n) is 40.8. The minimum absolute atomic E-state index is 0.0137. The van der Waals surface area contributed by atoms with Gasteiger partial charge in [-0.2, -0.15) is 0 Å². The molecule has 66 heavy (non-hydrogen) atoms. The first-order valence-electron chi connectivity index (χ1n) is 24.8. The van der Waals surface area contributed by atoms with E-state index in [1.165, 1.54) is 28.7 Å². The van der Waals surface area contributed by atoms with Crippen molar-refractivity contribution in [3.8, 4) is 22.3 Å². The molecule has 6 aromatic rings. The van der Waals surface area contributed by atoms with E-state index in [4.69, 9.17) is 9.97 Å². The van der Waals surface area contributed by atoms with Gasteiger partial charge in [-0.05, 0) is 137 Å². The van der Waals surface area contributed by atoms with Gasteiger partial charge in [-0.15, -0.1) is 0 Å². The molecule has 6 atom stereocenters. The molecule has 6 aliphatic rings. The van der Waals surface area contributed by atoms with Crippen molar-refractivity contribution in [3.63, 3.8) is 0 Å². The molecule has 8 heteroatoms. The van der Waals surface area contributed by atoms with Crippen molar-refractivity contribution >= 4 is 45.9 Å². The molecule has 0 spiro atoms. The Hall–Kier alpha value is -5.34. The number of aryl methyl sites for hydroxylation is 2. The van der Waals surface area contributed by atoms with Crippen molar-refractivity contribution in [1.29, 1.82) is 0 Å². The molecule has 1 amide bonds. The summed E-state index contributed by atoms with van der Waals surface area (Å²) in [5.74, 6) is 2.29. The maximum Gasteiger partial charge on any atom is 0.229 e. The van der Waals surface area contributed by atoms with Crippen LogP contribution in [-0.2, 0) is 22.4 Å². The minimum Gasteiger partial charge on any atom is -0.392 e. The third kappa shape index (κ3) is 8.82. The third-order valence-corrected chi connectivity index (χ3v) is 16.2. The van der Waals surface area contributed by atoms with Gasteiger partial charge in [0, 0.05) is 17.8 Å². The van der Waals surface area contributed by atoms with Crippen LogP contribution < -0.4 is 5.32 Å². The highest BCUT2D eigenvalue weighted by atomic mass is 16.3. The van der Waals surface area contributed by atoms with Crippen LogP contribution in [0.2, 0.25) is 0 Å². The normalized spacial score (nSPS) is 23.4. The Morgan fingerprint density at radius 1 is 0.727 bits per heavy atom. The van der Waals surface area contributed by atoms with Gasteiger partial charge in [0.15, 0.2) is 0 Å². The van der Waals surface area contributed by atoms with Crippen molar-refractivity contribution in [2.75, 3.05) is 0 Å². The number of carbonyl (C=O) groups is 2. The fourth-order valence-electron chi connectivity index (χ4n) is 11.2. The Labute approximate surface area is 391 Å². The van der Waals surface area contributed by atoms with E-state index in [0.717, 1.165) is 101 Å². The van der Waals surface area contributed by atoms with Gasteiger partial charge in [0.2, 0.25) is 5.91 Å². The summed E-state index contributed by atoms with van der Waals surface area (Å²) in [7, 11) is 0. The molecule has 0 saturated heterocycles. The van der Waals surface area contributed by atoms with Gasteiger partial charge < -0.3 is 20.4 Å². The first-order chi connectivity index (χ1) is 31.3. The van der Waals surface area contributed by atoms with E-state index in [1.54, 1.807) is 0 Å². The van der Waals surface area contributed by atoms with Gasteiger partial charge in [0.25, 0.3) is 0 Å². The van der Waals surface area contributed by atoms with Crippen LogP contribution in [0.3, 0.4) is 0 Å². The molecule has 6 aliphatic carbocycles. The number of aliphatic hydroxyl groups is 1. The number of fused-ring (bicyclic) bond motifs is 2. The largest absolute Gasteiger partial charge is 0.392 e. The lowest BCUT2D eigenvalue weighted by atomic mass is 9.63. The lowest BCUT2D eigenvalue weighted by Crippen LogP contribution is -2.51. The molecule has 4 unspecified atom stereocenters. The van der Waals surface area contributed by atoms with Crippen LogP contribution in [0.15, 0.2) is 72.8 Å². The van der Waals surface area contributed by atoms with E-state index in [1.807, 2.05) is 6.92 Å². The number of ketones is 1. The monoisotopic (exact) mass is 886 g/mol. The number of imidazole rings is 2. The fraction of sp³-hybridized carbons (Fsp3) is 0.483. The van der Waals surface area contributed by atoms with Gasteiger partial charge >= 0.3 is 0 Å². The molecule has 2 saturated carbocycles. The summed E-state index contributed by atoms with van der Waals surface area (Å²) in [4.78, 5) is 45.4. The maximum absolute atomic E-state index is 14.1. The number of nitrogens with one attached hydrogen (secondary N) is 3. The van der Waals surface area contributed by atoms with E-state index in [-0.39, 0.29) is 34.1 Å². The standard InChI is InChI=1S/C58H71N5O3/c1-35-14-10-12-28-57(35,8)50(65)34-44(55(2,3)4)52-59-45-26-24-40(32-47(45)61-52)42-30-36-16-20-38(42)21-17-37-19-23-39(22-18-36)43(31-37)41-25-27-46-48(33-41)62-53(60-46)51(56(5,6)7)63-54(66)58(9)29-13-11-15-49(58)64/h16-17,19-21,23-27,30-33,35,44,49,51,64H,10-15,18,22,28-29,34H2,1-9H3,(H,59,61)(H,60,62)(H,63,66)/t35?,44-,49?,51-,57?,58?/m1/s1. The fourth-order valence-corrected chi connectivity index (χ4v) is 11.2. The summed E-state index contributed by atoms with van der Waals surface area (Å²) < 4.78 is 0. The Kier molecular flexibility index (Phi) is 12.1. The van der Waals surface area contributed by atoms with E-state index in [0.29, 0.717) is 31.0 Å². The molecule has 8 nitrogen and oxygen atoms in total. The highest BCUT2D eigenvalue weighted by molar-refractivity contribution is 5.89. The van der Waals surface area contributed by atoms with Gasteiger partial charge in [-0.3, -0.25) is 9.59 Å². The molecule has 4 N–H and O–H groups in total. The number of aliphatic hydroxyl groups excluding tert-OH is 1. The summed E-state index contributed by atoms with van der Waals surface area (Å²) in [5, 5.41) is 14.2. The minimum atomic E-state index is -0.814. The van der Waals surface area contributed by atoms with Crippen molar-refractivity contribution in [1.82, 2.24) is 25.3 Å². The zero-order chi connectivity index (χ0) is 46.8. The zero-order valence-corrected chi connectivity index (χ0v) is 40.8. The molecule has 0 aliphatic heterocycles. The third-order valence-electron chi connectivity index (χ3n) is 16.2. The summed E-state index contributed by atoms with van der Waals surface area (Å²) in [5.41, 5.74) is 11.6. The van der Waals surface area contributed by atoms with Crippen molar-refractivity contribution < 1.29 is 14.7 Å². The maximum atomic E-state index is 14.1. The molecule has 2 heterocycles. The van der Waals surface area contributed by atoms with Gasteiger partial charge in [-0.1, -0.05) is 136 Å². The highest BCUT2D eigenvalue weighted by Gasteiger charge is 2.45. The summed E-state index contributed by atoms with van der Waals surface area (Å²) in [6.45, 7) is 19.4. The molecule has 2 fully saturated rings. The Balaban J connectivity index is 0.988. The quantitative estimate of drug-likeness (QED) is 0.115. The molecule has 4 bridgehead atoms. The van der Waals surface area contributed by atoms with E-state index >= 15 is 0 Å². The summed E-state index contributed by atoms with van der Waals surface area (Å²) in [6, 6.07) is 26.3. The van der Waals surface area contributed by atoms with Crippen LogP contribution in [0.25, 0.3) is 56.5 Å². The molecule has 346 valence electrons. The second-order valence-corrected chi connectivity index (χ2v) is 22.9. The van der Waals surface area contributed by atoms with E-state index in [9.17, 15) is 14.7 Å². The van der Waals surface area contributed by atoms with Gasteiger partial charge in [0.1, 0.15) is 17.4 Å². The Bertz CT molecular complexity index is 2830. The highest BCUT2D eigenvalue weighted by Crippen LogP contribution is 2.47. The van der Waals surface area contributed by atoms with Crippen LogP contribution in [0.5, 0.6) is 0 Å². The number of amides is 1. The predicted molar refractivity (Wildman–Crippen MR) is 270 cm³/mol. The number of hydrogen-bond acceptors (Lipinski definition) is 5. The number of rotatable bonds is 9. The molecule has 0 radical (unpaired) electrons. The smallest absolute Gasteiger partial charge is 0.229 e. The topological polar surface area (TPSA) is 124 Å². The van der Waals surface area contributed by atoms with Crippen LogP contribution in [0, 0.1) is 27.6 Å².